The van der Waals surface area contributed by atoms with Gasteiger partial charge in [0.05, 0.1) is 12.2 Å². The van der Waals surface area contributed by atoms with Crippen molar-refractivity contribution in [1.82, 2.24) is 9.47 Å². The van der Waals surface area contributed by atoms with E-state index in [-0.39, 0.29) is 11.4 Å². The van der Waals surface area contributed by atoms with Gasteiger partial charge in [0, 0.05) is 19.2 Å². The molecule has 4 heteroatoms. The molecule has 0 radical (unpaired) electrons. The van der Waals surface area contributed by atoms with Gasteiger partial charge in [-0.25, -0.2) is 4.39 Å². The Morgan fingerprint density at radius 2 is 1.34 bits per heavy atom. The minimum absolute atomic E-state index is 0.0371. The third-order valence-corrected chi connectivity index (χ3v) is 6.27. The SMILES string of the molecule is Cc1ccc2c(ccc(=O)n2CN(Cc2ccc(F)cc2)Cc2ccc(-c3ccccc3)cc2)c1. The first kappa shape index (κ1) is 22.8. The van der Waals surface area contributed by atoms with E-state index >= 15 is 0 Å². The highest BCUT2D eigenvalue weighted by Crippen LogP contribution is 2.21. The number of nitrogens with zero attached hydrogens (tertiary/aromatic N) is 2. The van der Waals surface area contributed by atoms with Crippen molar-refractivity contribution < 1.29 is 4.39 Å². The molecule has 5 rings (SSSR count). The smallest absolute Gasteiger partial charge is 0.252 e. The Hall–Kier alpha value is -4.02. The van der Waals surface area contributed by atoms with Crippen molar-refractivity contribution in [2.45, 2.75) is 26.7 Å². The Morgan fingerprint density at radius 3 is 2.03 bits per heavy atom. The molecule has 0 saturated carbocycles. The normalized spacial score (nSPS) is 11.3. The molecule has 1 heterocycles. The standard InChI is InChI=1S/C31H27FN2O/c1-23-7-17-30-28(19-23)14-18-31(35)34(30)22-33(21-25-10-15-29(32)16-11-25)20-24-8-12-27(13-9-24)26-5-3-2-4-6-26/h2-19H,20-22H2,1H3. The third-order valence-electron chi connectivity index (χ3n) is 6.27. The number of aromatic nitrogens is 1. The zero-order valence-corrected chi connectivity index (χ0v) is 19.7. The zero-order valence-electron chi connectivity index (χ0n) is 19.7. The average Bonchev–Trinajstić information content (AvgIpc) is 2.88. The maximum atomic E-state index is 13.5. The lowest BCUT2D eigenvalue weighted by Crippen LogP contribution is -2.31. The molecule has 5 aromatic rings. The summed E-state index contributed by atoms with van der Waals surface area (Å²) in [5.41, 5.74) is 6.52. The minimum Gasteiger partial charge on any atom is -0.295 e. The Morgan fingerprint density at radius 1 is 0.714 bits per heavy atom. The van der Waals surface area contributed by atoms with E-state index in [1.54, 1.807) is 18.2 Å². The van der Waals surface area contributed by atoms with Crippen LogP contribution in [0, 0.1) is 12.7 Å². The molecule has 0 aliphatic rings. The quantitative estimate of drug-likeness (QED) is 0.266. The Bertz CT molecular complexity index is 1490. The molecule has 174 valence electrons. The van der Waals surface area contributed by atoms with Crippen LogP contribution in [0.3, 0.4) is 0 Å². The second-order valence-electron chi connectivity index (χ2n) is 8.98. The Balaban J connectivity index is 1.46. The number of aryl methyl sites for hydroxylation is 1. The number of hydrogen-bond donors (Lipinski definition) is 0. The van der Waals surface area contributed by atoms with Crippen molar-refractivity contribution in [2.24, 2.45) is 0 Å². The Labute approximate surface area is 204 Å². The molecular weight excluding hydrogens is 435 g/mol. The molecule has 0 aliphatic carbocycles. The van der Waals surface area contributed by atoms with E-state index < -0.39 is 0 Å². The van der Waals surface area contributed by atoms with E-state index in [1.165, 1.54) is 23.3 Å². The lowest BCUT2D eigenvalue weighted by atomic mass is 10.0. The van der Waals surface area contributed by atoms with Crippen LogP contribution in [0.5, 0.6) is 0 Å². The predicted molar refractivity (Wildman–Crippen MR) is 140 cm³/mol. The molecule has 0 bridgehead atoms. The van der Waals surface area contributed by atoms with Gasteiger partial charge >= 0.3 is 0 Å². The first-order valence-corrected chi connectivity index (χ1v) is 11.8. The number of halogens is 1. The lowest BCUT2D eigenvalue weighted by Gasteiger charge is -2.25. The first-order valence-electron chi connectivity index (χ1n) is 11.8. The highest BCUT2D eigenvalue weighted by atomic mass is 19.1. The molecule has 0 aliphatic heterocycles. The molecular formula is C31H27FN2O. The van der Waals surface area contributed by atoms with E-state index in [0.29, 0.717) is 19.8 Å². The van der Waals surface area contributed by atoms with Crippen molar-refractivity contribution in [2.75, 3.05) is 0 Å². The van der Waals surface area contributed by atoms with Gasteiger partial charge in [0.15, 0.2) is 0 Å². The van der Waals surface area contributed by atoms with Crippen LogP contribution >= 0.6 is 0 Å². The van der Waals surface area contributed by atoms with Crippen molar-refractivity contribution in [3.8, 4) is 11.1 Å². The Kier molecular flexibility index (Phi) is 6.55. The second-order valence-corrected chi connectivity index (χ2v) is 8.98. The molecule has 35 heavy (non-hydrogen) atoms. The van der Waals surface area contributed by atoms with Crippen molar-refractivity contribution >= 4 is 10.9 Å². The maximum absolute atomic E-state index is 13.5. The molecule has 0 saturated heterocycles. The number of fused-ring (bicyclic) bond motifs is 1. The van der Waals surface area contributed by atoms with Crippen LogP contribution in [0.4, 0.5) is 4.39 Å². The van der Waals surface area contributed by atoms with Crippen LogP contribution < -0.4 is 5.56 Å². The zero-order chi connectivity index (χ0) is 24.2. The summed E-state index contributed by atoms with van der Waals surface area (Å²) >= 11 is 0. The summed E-state index contributed by atoms with van der Waals surface area (Å²) < 4.78 is 15.3. The highest BCUT2D eigenvalue weighted by molar-refractivity contribution is 5.79. The summed E-state index contributed by atoms with van der Waals surface area (Å²) in [6.45, 7) is 3.72. The van der Waals surface area contributed by atoms with Gasteiger partial charge in [-0.2, -0.15) is 0 Å². The fourth-order valence-electron chi connectivity index (χ4n) is 4.46. The number of rotatable bonds is 7. The predicted octanol–water partition coefficient (Wildman–Crippen LogP) is 6.78. The van der Waals surface area contributed by atoms with Crippen LogP contribution in [-0.4, -0.2) is 9.47 Å². The van der Waals surface area contributed by atoms with E-state index in [0.717, 1.165) is 27.6 Å². The summed E-state index contributed by atoms with van der Waals surface area (Å²) in [7, 11) is 0. The lowest BCUT2D eigenvalue weighted by molar-refractivity contribution is 0.201. The van der Waals surface area contributed by atoms with Crippen molar-refractivity contribution in [1.29, 1.82) is 0 Å². The van der Waals surface area contributed by atoms with Gasteiger partial charge in [-0.1, -0.05) is 78.4 Å². The molecule has 0 unspecified atom stereocenters. The number of hydrogen-bond acceptors (Lipinski definition) is 2. The van der Waals surface area contributed by atoms with Crippen LogP contribution in [-0.2, 0) is 19.8 Å². The topological polar surface area (TPSA) is 25.2 Å². The van der Waals surface area contributed by atoms with Crippen LogP contribution in [0.2, 0.25) is 0 Å². The molecule has 1 aromatic heterocycles. The molecule has 0 N–H and O–H groups in total. The first-order chi connectivity index (χ1) is 17.0. The van der Waals surface area contributed by atoms with Gasteiger partial charge in [0.25, 0.3) is 5.56 Å². The van der Waals surface area contributed by atoms with E-state index in [2.05, 4.69) is 54.3 Å². The van der Waals surface area contributed by atoms with Crippen molar-refractivity contribution in [3.63, 3.8) is 0 Å². The molecule has 3 nitrogen and oxygen atoms in total. The summed E-state index contributed by atoms with van der Waals surface area (Å²) in [4.78, 5) is 15.1. The van der Waals surface area contributed by atoms with Gasteiger partial charge in [-0.05, 0) is 64.9 Å². The monoisotopic (exact) mass is 462 g/mol. The summed E-state index contributed by atoms with van der Waals surface area (Å²) in [6, 6.07) is 35.0. The van der Waals surface area contributed by atoms with Gasteiger partial charge in [0.1, 0.15) is 5.82 Å². The summed E-state index contributed by atoms with van der Waals surface area (Å²) in [6.07, 6.45) is 0. The third kappa shape index (κ3) is 5.39. The fraction of sp³-hybridized carbons (Fsp3) is 0.129. The highest BCUT2D eigenvalue weighted by Gasteiger charge is 2.12. The van der Waals surface area contributed by atoms with E-state index in [1.807, 2.05) is 41.0 Å². The van der Waals surface area contributed by atoms with Crippen LogP contribution in [0.1, 0.15) is 16.7 Å². The van der Waals surface area contributed by atoms with Gasteiger partial charge in [-0.3, -0.25) is 14.3 Å². The van der Waals surface area contributed by atoms with Gasteiger partial charge < -0.3 is 0 Å². The molecule has 0 atom stereocenters. The number of benzene rings is 4. The van der Waals surface area contributed by atoms with Gasteiger partial charge in [0.2, 0.25) is 0 Å². The van der Waals surface area contributed by atoms with E-state index in [4.69, 9.17) is 0 Å². The summed E-state index contributed by atoms with van der Waals surface area (Å²) in [5.74, 6) is -0.252. The molecule has 0 amide bonds. The van der Waals surface area contributed by atoms with Crippen LogP contribution in [0.25, 0.3) is 22.0 Å². The summed E-state index contributed by atoms with van der Waals surface area (Å²) in [5, 5.41) is 1.04. The number of pyridine rings is 1. The fourth-order valence-corrected chi connectivity index (χ4v) is 4.46. The largest absolute Gasteiger partial charge is 0.295 e. The minimum atomic E-state index is -0.252. The maximum Gasteiger partial charge on any atom is 0.252 e. The second kappa shape index (κ2) is 10.1. The van der Waals surface area contributed by atoms with Gasteiger partial charge in [-0.15, -0.1) is 0 Å². The van der Waals surface area contributed by atoms with E-state index in [9.17, 15) is 9.18 Å². The van der Waals surface area contributed by atoms with Crippen LogP contribution in [0.15, 0.2) is 114 Å². The molecule has 0 spiro atoms. The molecule has 4 aromatic carbocycles. The average molecular weight is 463 g/mol. The molecule has 0 fully saturated rings. The van der Waals surface area contributed by atoms with Crippen molar-refractivity contribution in [3.05, 3.63) is 142 Å².